The number of aromatic nitrogens is 3. The highest BCUT2D eigenvalue weighted by atomic mass is 15.0. The second-order valence-electron chi connectivity index (χ2n) is 4.44. The van der Waals surface area contributed by atoms with Gasteiger partial charge in [-0.1, -0.05) is 6.92 Å². The number of nitrogens with zero attached hydrogens (tertiary/aromatic N) is 3. The SMILES string of the molecule is CCNCc1ccn2cc(-c3ccncc3)nc2c1. The first kappa shape index (κ1) is 11.9. The van der Waals surface area contributed by atoms with Crippen molar-refractivity contribution in [3.05, 3.63) is 54.6 Å². The Hall–Kier alpha value is -2.20. The highest BCUT2D eigenvalue weighted by Gasteiger charge is 2.04. The molecule has 0 saturated heterocycles. The predicted octanol–water partition coefficient (Wildman–Crippen LogP) is 2.51. The molecule has 3 rings (SSSR count). The fraction of sp³-hybridized carbons (Fsp3) is 0.200. The first-order valence-corrected chi connectivity index (χ1v) is 6.45. The van der Waals surface area contributed by atoms with Gasteiger partial charge < -0.3 is 9.72 Å². The number of pyridine rings is 2. The zero-order valence-corrected chi connectivity index (χ0v) is 10.9. The second-order valence-corrected chi connectivity index (χ2v) is 4.44. The third kappa shape index (κ3) is 2.48. The van der Waals surface area contributed by atoms with E-state index in [1.807, 2.05) is 22.7 Å². The molecule has 0 radical (unpaired) electrons. The van der Waals surface area contributed by atoms with Crippen LogP contribution in [0.2, 0.25) is 0 Å². The quantitative estimate of drug-likeness (QED) is 0.775. The van der Waals surface area contributed by atoms with Gasteiger partial charge >= 0.3 is 0 Å². The van der Waals surface area contributed by atoms with Crippen LogP contribution in [-0.2, 0) is 6.54 Å². The zero-order valence-electron chi connectivity index (χ0n) is 10.9. The van der Waals surface area contributed by atoms with E-state index < -0.39 is 0 Å². The van der Waals surface area contributed by atoms with Gasteiger partial charge in [-0.15, -0.1) is 0 Å². The maximum atomic E-state index is 4.66. The van der Waals surface area contributed by atoms with Gasteiger partial charge in [-0.05, 0) is 36.4 Å². The summed E-state index contributed by atoms with van der Waals surface area (Å²) in [6, 6.07) is 8.18. The molecule has 0 aliphatic rings. The van der Waals surface area contributed by atoms with E-state index in [0.29, 0.717) is 0 Å². The van der Waals surface area contributed by atoms with E-state index in [0.717, 1.165) is 30.0 Å². The lowest BCUT2D eigenvalue weighted by atomic mass is 10.2. The van der Waals surface area contributed by atoms with Crippen LogP contribution >= 0.6 is 0 Å². The summed E-state index contributed by atoms with van der Waals surface area (Å²) in [6.07, 6.45) is 7.67. The van der Waals surface area contributed by atoms with Crippen LogP contribution in [0.25, 0.3) is 16.9 Å². The molecule has 0 bridgehead atoms. The van der Waals surface area contributed by atoms with Gasteiger partial charge in [0.05, 0.1) is 5.69 Å². The molecule has 0 aromatic carbocycles. The summed E-state index contributed by atoms with van der Waals surface area (Å²) < 4.78 is 2.05. The lowest BCUT2D eigenvalue weighted by Crippen LogP contribution is -2.11. The van der Waals surface area contributed by atoms with Crippen LogP contribution in [0, 0.1) is 0 Å². The van der Waals surface area contributed by atoms with Crippen LogP contribution in [0.3, 0.4) is 0 Å². The summed E-state index contributed by atoms with van der Waals surface area (Å²) in [5.74, 6) is 0. The zero-order chi connectivity index (χ0) is 13.1. The molecule has 3 aromatic rings. The number of fused-ring (bicyclic) bond motifs is 1. The highest BCUT2D eigenvalue weighted by molar-refractivity contribution is 5.62. The molecule has 0 saturated carbocycles. The minimum absolute atomic E-state index is 0.879. The van der Waals surface area contributed by atoms with E-state index >= 15 is 0 Å². The fourth-order valence-electron chi connectivity index (χ4n) is 2.07. The van der Waals surface area contributed by atoms with Crippen LogP contribution < -0.4 is 5.32 Å². The van der Waals surface area contributed by atoms with Crippen molar-refractivity contribution in [1.82, 2.24) is 19.7 Å². The molecule has 3 aromatic heterocycles. The second kappa shape index (κ2) is 5.20. The van der Waals surface area contributed by atoms with E-state index in [1.165, 1.54) is 5.56 Å². The summed E-state index contributed by atoms with van der Waals surface area (Å²) >= 11 is 0. The van der Waals surface area contributed by atoms with Gasteiger partial charge in [0.1, 0.15) is 5.65 Å². The summed E-state index contributed by atoms with van der Waals surface area (Å²) in [4.78, 5) is 8.69. The molecule has 0 fully saturated rings. The maximum Gasteiger partial charge on any atom is 0.137 e. The van der Waals surface area contributed by atoms with Gasteiger partial charge in [-0.2, -0.15) is 0 Å². The minimum Gasteiger partial charge on any atom is -0.313 e. The summed E-state index contributed by atoms with van der Waals surface area (Å²) in [7, 11) is 0. The van der Waals surface area contributed by atoms with Crippen molar-refractivity contribution >= 4 is 5.65 Å². The first-order chi connectivity index (χ1) is 9.36. The van der Waals surface area contributed by atoms with Crippen LogP contribution in [-0.4, -0.2) is 20.9 Å². The monoisotopic (exact) mass is 252 g/mol. The molecule has 0 aliphatic heterocycles. The normalized spacial score (nSPS) is 11.0. The van der Waals surface area contributed by atoms with Gasteiger partial charge in [-0.3, -0.25) is 4.98 Å². The fourth-order valence-corrected chi connectivity index (χ4v) is 2.07. The van der Waals surface area contributed by atoms with Crippen molar-refractivity contribution in [2.45, 2.75) is 13.5 Å². The molecule has 1 N–H and O–H groups in total. The number of hydrogen-bond donors (Lipinski definition) is 1. The molecule has 0 amide bonds. The summed E-state index contributed by atoms with van der Waals surface area (Å²) in [6.45, 7) is 3.96. The largest absolute Gasteiger partial charge is 0.313 e. The Bertz CT molecular complexity index is 673. The maximum absolute atomic E-state index is 4.66. The Morgan fingerprint density at radius 1 is 1.21 bits per heavy atom. The molecule has 3 heterocycles. The van der Waals surface area contributed by atoms with Crippen molar-refractivity contribution in [2.75, 3.05) is 6.54 Å². The van der Waals surface area contributed by atoms with Gasteiger partial charge in [-0.25, -0.2) is 4.98 Å². The first-order valence-electron chi connectivity index (χ1n) is 6.45. The average Bonchev–Trinajstić information content (AvgIpc) is 2.89. The molecule has 0 spiro atoms. The highest BCUT2D eigenvalue weighted by Crippen LogP contribution is 2.18. The molecule has 0 unspecified atom stereocenters. The Morgan fingerprint density at radius 2 is 2.05 bits per heavy atom. The van der Waals surface area contributed by atoms with Gasteiger partial charge in [0.2, 0.25) is 0 Å². The van der Waals surface area contributed by atoms with Crippen LogP contribution in [0.5, 0.6) is 0 Å². The summed E-state index contributed by atoms with van der Waals surface area (Å²) in [5.41, 5.74) is 4.29. The molecule has 4 heteroatoms. The van der Waals surface area contributed by atoms with Crippen LogP contribution in [0.15, 0.2) is 49.1 Å². The minimum atomic E-state index is 0.879. The summed E-state index contributed by atoms with van der Waals surface area (Å²) in [5, 5.41) is 3.32. The Morgan fingerprint density at radius 3 is 2.84 bits per heavy atom. The third-order valence-electron chi connectivity index (χ3n) is 3.08. The van der Waals surface area contributed by atoms with E-state index in [1.54, 1.807) is 12.4 Å². The lowest BCUT2D eigenvalue weighted by molar-refractivity contribution is 0.726. The number of imidazole rings is 1. The molecule has 19 heavy (non-hydrogen) atoms. The van der Waals surface area contributed by atoms with Crippen molar-refractivity contribution in [2.24, 2.45) is 0 Å². The standard InChI is InChI=1S/C15H16N4/c1-2-16-10-12-5-8-19-11-14(18-15(19)9-12)13-3-6-17-7-4-13/h3-9,11,16H,2,10H2,1H3. The molecule has 96 valence electrons. The smallest absolute Gasteiger partial charge is 0.137 e. The molecule has 0 aliphatic carbocycles. The van der Waals surface area contributed by atoms with Gasteiger partial charge in [0, 0.05) is 36.9 Å². The van der Waals surface area contributed by atoms with E-state index in [4.69, 9.17) is 0 Å². The van der Waals surface area contributed by atoms with Gasteiger partial charge in [0.25, 0.3) is 0 Å². The van der Waals surface area contributed by atoms with Crippen molar-refractivity contribution < 1.29 is 0 Å². The van der Waals surface area contributed by atoms with Crippen molar-refractivity contribution in [1.29, 1.82) is 0 Å². The topological polar surface area (TPSA) is 42.2 Å². The Kier molecular flexibility index (Phi) is 3.25. The van der Waals surface area contributed by atoms with Crippen LogP contribution in [0.4, 0.5) is 0 Å². The number of hydrogen-bond acceptors (Lipinski definition) is 3. The molecule has 4 nitrogen and oxygen atoms in total. The molecular formula is C15H16N4. The average molecular weight is 252 g/mol. The van der Waals surface area contributed by atoms with Gasteiger partial charge in [0.15, 0.2) is 0 Å². The Balaban J connectivity index is 1.97. The molecule has 0 atom stereocenters. The van der Waals surface area contributed by atoms with Crippen molar-refractivity contribution in [3.63, 3.8) is 0 Å². The van der Waals surface area contributed by atoms with E-state index in [-0.39, 0.29) is 0 Å². The van der Waals surface area contributed by atoms with E-state index in [2.05, 4.69) is 40.5 Å². The lowest BCUT2D eigenvalue weighted by Gasteiger charge is -2.01. The van der Waals surface area contributed by atoms with Crippen LogP contribution in [0.1, 0.15) is 12.5 Å². The predicted molar refractivity (Wildman–Crippen MR) is 75.8 cm³/mol. The Labute approximate surface area is 112 Å². The number of rotatable bonds is 4. The molecular weight excluding hydrogens is 236 g/mol. The van der Waals surface area contributed by atoms with E-state index in [9.17, 15) is 0 Å². The third-order valence-corrected chi connectivity index (χ3v) is 3.08. The van der Waals surface area contributed by atoms with Crippen molar-refractivity contribution in [3.8, 4) is 11.3 Å². The number of nitrogens with one attached hydrogen (secondary N) is 1.